The lowest BCUT2D eigenvalue weighted by Crippen LogP contribution is -2.04. The van der Waals surface area contributed by atoms with Crippen LogP contribution in [0.4, 0.5) is 4.39 Å². The molecule has 0 atom stereocenters. The highest BCUT2D eigenvalue weighted by molar-refractivity contribution is 5.88. The fraction of sp³-hybridized carbons (Fsp3) is 0.167. The minimum atomic E-state index is -0.293. The zero-order valence-electron chi connectivity index (χ0n) is 13.5. The van der Waals surface area contributed by atoms with Crippen molar-refractivity contribution in [2.45, 2.75) is 20.1 Å². The highest BCUT2D eigenvalue weighted by atomic mass is 19.1. The molecule has 0 spiro atoms. The van der Waals surface area contributed by atoms with Crippen LogP contribution in [0.5, 0.6) is 0 Å². The van der Waals surface area contributed by atoms with Gasteiger partial charge in [0.05, 0.1) is 18.5 Å². The number of hydrogen-bond acceptors (Lipinski definition) is 5. The number of pyridine rings is 1. The van der Waals surface area contributed by atoms with Gasteiger partial charge in [-0.1, -0.05) is 18.2 Å². The molecule has 0 radical (unpaired) electrons. The minimum absolute atomic E-state index is 0.207. The number of nitrogens with zero attached hydrogens (tertiary/aromatic N) is 4. The number of halogens is 1. The van der Waals surface area contributed by atoms with Crippen molar-refractivity contribution in [1.82, 2.24) is 19.7 Å². The molecule has 0 unspecified atom stereocenters. The van der Waals surface area contributed by atoms with E-state index < -0.39 is 0 Å². The Balaban J connectivity index is 1.85. The van der Waals surface area contributed by atoms with Crippen LogP contribution in [0.15, 0.2) is 47.0 Å². The van der Waals surface area contributed by atoms with E-state index in [0.29, 0.717) is 34.2 Å². The maximum atomic E-state index is 14.0. The predicted molar refractivity (Wildman–Crippen MR) is 89.2 cm³/mol. The molecular formula is C18H15FN4O2. The molecule has 0 saturated heterocycles. The fourth-order valence-electron chi connectivity index (χ4n) is 2.74. The van der Waals surface area contributed by atoms with Gasteiger partial charge >= 0.3 is 0 Å². The molecule has 4 aromatic rings. The molecule has 4 rings (SSSR count). The summed E-state index contributed by atoms with van der Waals surface area (Å²) in [6.07, 6.45) is 1.66. The number of benzene rings is 1. The number of hydrogen-bond donors (Lipinski definition) is 1. The molecule has 0 bridgehead atoms. The van der Waals surface area contributed by atoms with Crippen LogP contribution >= 0.6 is 0 Å². The number of aliphatic hydroxyl groups excluding tert-OH is 1. The van der Waals surface area contributed by atoms with Crippen molar-refractivity contribution in [2.24, 2.45) is 0 Å². The lowest BCUT2D eigenvalue weighted by atomic mass is 10.2. The predicted octanol–water partition coefficient (Wildman–Crippen LogP) is 3.07. The monoisotopic (exact) mass is 338 g/mol. The highest BCUT2D eigenvalue weighted by Crippen LogP contribution is 2.28. The van der Waals surface area contributed by atoms with E-state index in [1.54, 1.807) is 42.1 Å². The summed E-state index contributed by atoms with van der Waals surface area (Å²) in [5.41, 5.74) is 2.11. The van der Waals surface area contributed by atoms with Gasteiger partial charge in [0.15, 0.2) is 11.3 Å². The van der Waals surface area contributed by atoms with E-state index in [1.165, 1.54) is 6.07 Å². The van der Waals surface area contributed by atoms with Crippen LogP contribution in [0.2, 0.25) is 0 Å². The largest absolute Gasteiger partial charge is 0.440 e. The van der Waals surface area contributed by atoms with Crippen LogP contribution in [0.25, 0.3) is 22.6 Å². The van der Waals surface area contributed by atoms with E-state index in [-0.39, 0.29) is 19.0 Å². The molecule has 25 heavy (non-hydrogen) atoms. The van der Waals surface area contributed by atoms with Crippen LogP contribution < -0.4 is 0 Å². The molecule has 1 aromatic carbocycles. The first-order valence-corrected chi connectivity index (χ1v) is 7.80. The zero-order chi connectivity index (χ0) is 17.4. The number of aromatic nitrogens is 4. The molecule has 126 valence electrons. The number of oxazole rings is 1. The van der Waals surface area contributed by atoms with Gasteiger partial charge in [0.2, 0.25) is 5.89 Å². The Bertz CT molecular complexity index is 1050. The Morgan fingerprint density at radius 1 is 1.20 bits per heavy atom. The van der Waals surface area contributed by atoms with Crippen molar-refractivity contribution < 1.29 is 13.9 Å². The molecule has 7 heteroatoms. The fourth-order valence-corrected chi connectivity index (χ4v) is 2.74. The summed E-state index contributed by atoms with van der Waals surface area (Å²) in [5.74, 6) is 0.559. The Morgan fingerprint density at radius 3 is 2.80 bits per heavy atom. The molecule has 0 amide bonds. The summed E-state index contributed by atoms with van der Waals surface area (Å²) in [6.45, 7) is 1.77. The van der Waals surface area contributed by atoms with Gasteiger partial charge in [-0.05, 0) is 25.1 Å². The van der Waals surface area contributed by atoms with Crippen LogP contribution in [0, 0.1) is 12.7 Å². The topological polar surface area (TPSA) is 77.0 Å². The van der Waals surface area contributed by atoms with Gasteiger partial charge in [-0.15, -0.1) is 0 Å². The third kappa shape index (κ3) is 2.68. The molecule has 0 fully saturated rings. The first kappa shape index (κ1) is 15.5. The lowest BCUT2D eigenvalue weighted by molar-refractivity contribution is 0.275. The summed E-state index contributed by atoms with van der Waals surface area (Å²) in [6, 6.07) is 10.2. The summed E-state index contributed by atoms with van der Waals surface area (Å²) in [5, 5.41) is 14.6. The van der Waals surface area contributed by atoms with Gasteiger partial charge in [-0.3, -0.25) is 0 Å². The third-order valence-electron chi connectivity index (χ3n) is 4.03. The number of aryl methyl sites for hydroxylation is 1. The van der Waals surface area contributed by atoms with Gasteiger partial charge in [0.1, 0.15) is 17.3 Å². The van der Waals surface area contributed by atoms with Crippen LogP contribution in [-0.2, 0) is 13.2 Å². The Morgan fingerprint density at radius 2 is 2.04 bits per heavy atom. The summed E-state index contributed by atoms with van der Waals surface area (Å²) >= 11 is 0. The zero-order valence-corrected chi connectivity index (χ0v) is 13.5. The second kappa shape index (κ2) is 6.10. The number of aliphatic hydroxyl groups is 1. The standard InChI is InChI=1S/C18H15FN4O2/c1-11-15(10-24)21-18(25-11)16-13-6-4-8-20-17(13)23(22-16)9-12-5-2-3-7-14(12)19/h2-8,24H,9-10H2,1H3. The molecule has 0 aliphatic carbocycles. The second-order valence-corrected chi connectivity index (χ2v) is 5.65. The van der Waals surface area contributed by atoms with Crippen molar-refractivity contribution in [1.29, 1.82) is 0 Å². The molecule has 0 aliphatic rings. The van der Waals surface area contributed by atoms with Gasteiger partial charge in [0, 0.05) is 11.8 Å². The van der Waals surface area contributed by atoms with E-state index in [4.69, 9.17) is 4.42 Å². The molecule has 6 nitrogen and oxygen atoms in total. The van der Waals surface area contributed by atoms with E-state index in [1.807, 2.05) is 6.07 Å². The van der Waals surface area contributed by atoms with Crippen molar-refractivity contribution >= 4 is 11.0 Å². The second-order valence-electron chi connectivity index (χ2n) is 5.65. The van der Waals surface area contributed by atoms with Crippen molar-refractivity contribution in [3.63, 3.8) is 0 Å². The first-order chi connectivity index (χ1) is 12.2. The van der Waals surface area contributed by atoms with E-state index in [2.05, 4.69) is 15.1 Å². The van der Waals surface area contributed by atoms with Crippen LogP contribution in [0.3, 0.4) is 0 Å². The van der Waals surface area contributed by atoms with Gasteiger partial charge in [-0.2, -0.15) is 5.10 Å². The number of rotatable bonds is 4. The van der Waals surface area contributed by atoms with Gasteiger partial charge < -0.3 is 9.52 Å². The van der Waals surface area contributed by atoms with Crippen molar-refractivity contribution in [2.75, 3.05) is 0 Å². The Kier molecular flexibility index (Phi) is 3.77. The van der Waals surface area contributed by atoms with E-state index in [9.17, 15) is 9.50 Å². The minimum Gasteiger partial charge on any atom is -0.440 e. The smallest absolute Gasteiger partial charge is 0.248 e. The lowest BCUT2D eigenvalue weighted by Gasteiger charge is -2.04. The maximum Gasteiger partial charge on any atom is 0.248 e. The maximum absolute atomic E-state index is 14.0. The molecule has 0 saturated carbocycles. The van der Waals surface area contributed by atoms with E-state index in [0.717, 1.165) is 5.39 Å². The Hall–Kier alpha value is -3.06. The highest BCUT2D eigenvalue weighted by Gasteiger charge is 2.19. The van der Waals surface area contributed by atoms with Crippen LogP contribution in [0.1, 0.15) is 17.0 Å². The van der Waals surface area contributed by atoms with E-state index >= 15 is 0 Å². The van der Waals surface area contributed by atoms with Crippen molar-refractivity contribution in [3.8, 4) is 11.6 Å². The molecule has 1 N–H and O–H groups in total. The molecule has 3 heterocycles. The SMILES string of the molecule is Cc1oc(-c2nn(Cc3ccccc3F)c3ncccc23)nc1CO. The summed E-state index contributed by atoms with van der Waals surface area (Å²) < 4.78 is 21.3. The first-order valence-electron chi connectivity index (χ1n) is 7.80. The summed E-state index contributed by atoms with van der Waals surface area (Å²) in [4.78, 5) is 8.65. The third-order valence-corrected chi connectivity index (χ3v) is 4.03. The Labute approximate surface area is 142 Å². The van der Waals surface area contributed by atoms with Gasteiger partial charge in [-0.25, -0.2) is 19.0 Å². The van der Waals surface area contributed by atoms with Crippen molar-refractivity contribution in [3.05, 3.63) is 65.4 Å². The van der Waals surface area contributed by atoms with Crippen LogP contribution in [-0.4, -0.2) is 24.9 Å². The average molecular weight is 338 g/mol. The molecule has 3 aromatic heterocycles. The average Bonchev–Trinajstić information content (AvgIpc) is 3.18. The van der Waals surface area contributed by atoms with Gasteiger partial charge in [0.25, 0.3) is 0 Å². The number of fused-ring (bicyclic) bond motifs is 1. The molecular weight excluding hydrogens is 323 g/mol. The normalized spacial score (nSPS) is 11.3. The summed E-state index contributed by atoms with van der Waals surface area (Å²) in [7, 11) is 0. The molecule has 0 aliphatic heterocycles. The quantitative estimate of drug-likeness (QED) is 0.619.